The van der Waals surface area contributed by atoms with Gasteiger partial charge in [0.05, 0.1) is 6.54 Å². The van der Waals surface area contributed by atoms with Crippen LogP contribution in [0, 0.1) is 0 Å². The van der Waals surface area contributed by atoms with Gasteiger partial charge in [0, 0.05) is 24.2 Å². The molecule has 2 rings (SSSR count). The van der Waals surface area contributed by atoms with Gasteiger partial charge in [-0.1, -0.05) is 17.3 Å². The molecule has 1 aromatic carbocycles. The van der Waals surface area contributed by atoms with Crippen LogP contribution in [0.25, 0.3) is 0 Å². The number of benzene rings is 1. The quantitative estimate of drug-likeness (QED) is 0.299. The van der Waals surface area contributed by atoms with Crippen LogP contribution in [0.15, 0.2) is 29.4 Å². The van der Waals surface area contributed by atoms with Gasteiger partial charge in [-0.2, -0.15) is 0 Å². The maximum Gasteiger partial charge on any atom is 0.254 e. The molecule has 1 aromatic rings. The van der Waals surface area contributed by atoms with E-state index >= 15 is 0 Å². The highest BCUT2D eigenvalue weighted by Gasteiger charge is 2.21. The molecule has 1 fully saturated rings. The summed E-state index contributed by atoms with van der Waals surface area (Å²) < 4.78 is 0. The number of amides is 2. The Hall–Kier alpha value is -2.57. The highest BCUT2D eigenvalue weighted by atomic mass is 16.4. The number of nitrogens with zero attached hydrogens (tertiary/aromatic N) is 2. The molecular formula is C13H16N4O3. The van der Waals surface area contributed by atoms with Crippen LogP contribution in [0.1, 0.15) is 22.3 Å². The van der Waals surface area contributed by atoms with E-state index in [0.717, 1.165) is 6.42 Å². The topological polar surface area (TPSA) is 108 Å². The lowest BCUT2D eigenvalue weighted by Gasteiger charge is -2.19. The summed E-state index contributed by atoms with van der Waals surface area (Å²) in [5.74, 6) is -0.466. The molecule has 1 saturated heterocycles. The predicted molar refractivity (Wildman–Crippen MR) is 72.5 cm³/mol. The van der Waals surface area contributed by atoms with E-state index in [4.69, 9.17) is 10.9 Å². The average Bonchev–Trinajstić information content (AvgIpc) is 2.70. The van der Waals surface area contributed by atoms with Gasteiger partial charge < -0.3 is 21.2 Å². The highest BCUT2D eigenvalue weighted by Crippen LogP contribution is 2.10. The van der Waals surface area contributed by atoms with Crippen LogP contribution in [-0.2, 0) is 4.79 Å². The van der Waals surface area contributed by atoms with Gasteiger partial charge in [-0.15, -0.1) is 0 Å². The third-order valence-electron chi connectivity index (χ3n) is 3.06. The summed E-state index contributed by atoms with van der Waals surface area (Å²) in [5, 5.41) is 14.3. The highest BCUT2D eigenvalue weighted by molar-refractivity contribution is 6.01. The number of carbonyl (C=O) groups is 2. The van der Waals surface area contributed by atoms with Gasteiger partial charge in [-0.25, -0.2) is 0 Å². The van der Waals surface area contributed by atoms with E-state index < -0.39 is 0 Å². The zero-order valence-corrected chi connectivity index (χ0v) is 10.9. The minimum Gasteiger partial charge on any atom is -0.409 e. The van der Waals surface area contributed by atoms with E-state index in [9.17, 15) is 9.59 Å². The Bertz CT molecular complexity index is 556. The smallest absolute Gasteiger partial charge is 0.254 e. The monoisotopic (exact) mass is 276 g/mol. The Labute approximate surface area is 116 Å². The van der Waals surface area contributed by atoms with E-state index in [1.54, 1.807) is 24.3 Å². The molecule has 1 heterocycles. The first-order valence-corrected chi connectivity index (χ1v) is 6.26. The van der Waals surface area contributed by atoms with Crippen molar-refractivity contribution < 1.29 is 14.8 Å². The van der Waals surface area contributed by atoms with Crippen molar-refractivity contribution >= 4 is 17.6 Å². The van der Waals surface area contributed by atoms with Gasteiger partial charge in [0.25, 0.3) is 5.91 Å². The summed E-state index contributed by atoms with van der Waals surface area (Å²) >= 11 is 0. The number of hydrogen-bond acceptors (Lipinski definition) is 4. The number of rotatable bonds is 2. The number of carbonyl (C=O) groups excluding carboxylic acids is 2. The molecule has 0 bridgehead atoms. The third kappa shape index (κ3) is 3.05. The molecule has 0 saturated carbocycles. The van der Waals surface area contributed by atoms with Crippen LogP contribution >= 0.6 is 0 Å². The van der Waals surface area contributed by atoms with Gasteiger partial charge in [0.15, 0.2) is 5.84 Å². The van der Waals surface area contributed by atoms with Crippen LogP contribution in [-0.4, -0.2) is 47.4 Å². The summed E-state index contributed by atoms with van der Waals surface area (Å²) in [6.07, 6.45) is 0.720. The second-order valence-corrected chi connectivity index (χ2v) is 4.50. The molecule has 0 unspecified atom stereocenters. The molecule has 1 aliphatic rings. The fourth-order valence-electron chi connectivity index (χ4n) is 2.03. The summed E-state index contributed by atoms with van der Waals surface area (Å²) in [6.45, 7) is 1.14. The van der Waals surface area contributed by atoms with E-state index in [1.165, 1.54) is 4.90 Å². The Kier molecular flexibility index (Phi) is 4.19. The number of nitrogens with one attached hydrogen (secondary N) is 1. The number of nitrogens with two attached hydrogens (primary N) is 1. The first kappa shape index (κ1) is 13.9. The van der Waals surface area contributed by atoms with Crippen molar-refractivity contribution in [2.24, 2.45) is 10.9 Å². The van der Waals surface area contributed by atoms with Gasteiger partial charge in [0.1, 0.15) is 0 Å². The fourth-order valence-corrected chi connectivity index (χ4v) is 2.03. The molecule has 0 aromatic heterocycles. The lowest BCUT2D eigenvalue weighted by molar-refractivity contribution is -0.121. The van der Waals surface area contributed by atoms with E-state index in [1.807, 2.05) is 0 Å². The van der Waals surface area contributed by atoms with Crippen molar-refractivity contribution in [3.63, 3.8) is 0 Å². The molecule has 20 heavy (non-hydrogen) atoms. The summed E-state index contributed by atoms with van der Waals surface area (Å²) in [5.41, 5.74) is 6.36. The fraction of sp³-hybridized carbons (Fsp3) is 0.308. The van der Waals surface area contributed by atoms with Crippen LogP contribution < -0.4 is 11.1 Å². The van der Waals surface area contributed by atoms with E-state index in [-0.39, 0.29) is 24.2 Å². The second-order valence-electron chi connectivity index (χ2n) is 4.50. The summed E-state index contributed by atoms with van der Waals surface area (Å²) in [4.78, 5) is 25.3. The first-order valence-electron chi connectivity index (χ1n) is 6.26. The van der Waals surface area contributed by atoms with Crippen LogP contribution in [0.4, 0.5) is 0 Å². The van der Waals surface area contributed by atoms with Gasteiger partial charge >= 0.3 is 0 Å². The molecule has 0 aliphatic carbocycles. The zero-order valence-electron chi connectivity index (χ0n) is 10.9. The van der Waals surface area contributed by atoms with Gasteiger partial charge in [0.2, 0.25) is 5.91 Å². The minimum atomic E-state index is -0.241. The maximum absolute atomic E-state index is 12.4. The summed E-state index contributed by atoms with van der Waals surface area (Å²) in [6, 6.07) is 6.47. The largest absolute Gasteiger partial charge is 0.409 e. The van der Waals surface area contributed by atoms with Crippen molar-refractivity contribution in [3.8, 4) is 0 Å². The summed E-state index contributed by atoms with van der Waals surface area (Å²) in [7, 11) is 0. The molecule has 2 amide bonds. The molecule has 7 nitrogen and oxygen atoms in total. The van der Waals surface area contributed by atoms with Crippen molar-refractivity contribution in [2.75, 3.05) is 19.6 Å². The zero-order chi connectivity index (χ0) is 14.5. The number of oxime groups is 1. The molecule has 0 spiro atoms. The van der Waals surface area contributed by atoms with Crippen molar-refractivity contribution in [1.82, 2.24) is 10.2 Å². The van der Waals surface area contributed by atoms with E-state index in [0.29, 0.717) is 24.2 Å². The lowest BCUT2D eigenvalue weighted by atomic mass is 10.1. The Morgan fingerprint density at radius 1 is 1.40 bits per heavy atom. The van der Waals surface area contributed by atoms with Gasteiger partial charge in [-0.05, 0) is 18.6 Å². The Morgan fingerprint density at radius 2 is 2.15 bits per heavy atom. The van der Waals surface area contributed by atoms with Crippen molar-refractivity contribution in [1.29, 1.82) is 0 Å². The molecule has 0 atom stereocenters. The Morgan fingerprint density at radius 3 is 2.90 bits per heavy atom. The minimum absolute atomic E-state index is 0.0482. The molecule has 0 radical (unpaired) electrons. The maximum atomic E-state index is 12.4. The Balaban J connectivity index is 2.22. The lowest BCUT2D eigenvalue weighted by Crippen LogP contribution is -2.37. The molecule has 1 aliphatic heterocycles. The van der Waals surface area contributed by atoms with Crippen LogP contribution in [0.2, 0.25) is 0 Å². The predicted octanol–water partition coefficient (Wildman–Crippen LogP) is -0.257. The third-order valence-corrected chi connectivity index (χ3v) is 3.06. The van der Waals surface area contributed by atoms with Crippen LogP contribution in [0.5, 0.6) is 0 Å². The molecule has 7 heteroatoms. The van der Waals surface area contributed by atoms with E-state index in [2.05, 4.69) is 10.5 Å². The molecular weight excluding hydrogens is 260 g/mol. The molecule has 106 valence electrons. The van der Waals surface area contributed by atoms with Gasteiger partial charge in [-0.3, -0.25) is 9.59 Å². The average molecular weight is 276 g/mol. The van der Waals surface area contributed by atoms with Crippen molar-refractivity contribution in [2.45, 2.75) is 6.42 Å². The van der Waals surface area contributed by atoms with Crippen molar-refractivity contribution in [3.05, 3.63) is 35.4 Å². The number of amidine groups is 1. The SMILES string of the molecule is NC(=NO)c1cccc(C(=O)N2CCCNC(=O)C2)c1. The molecule has 4 N–H and O–H groups in total. The van der Waals surface area contributed by atoms with Crippen LogP contribution in [0.3, 0.4) is 0 Å². The first-order chi connectivity index (χ1) is 9.61. The second kappa shape index (κ2) is 6.05. The normalized spacial score (nSPS) is 16.5. The standard InChI is InChI=1S/C13H16N4O3/c14-12(16-20)9-3-1-4-10(7-9)13(19)17-6-2-5-15-11(18)8-17/h1,3-4,7,20H,2,5-6,8H2,(H2,14,16)(H,15,18). The number of hydrogen-bond donors (Lipinski definition) is 3.